The molecular weight excluding hydrogens is 376 g/mol. The third-order valence-electron chi connectivity index (χ3n) is 6.34. The smallest absolute Gasteiger partial charge is 0.270 e. The first-order valence-corrected chi connectivity index (χ1v) is 10.7. The SMILES string of the molecule is Cc1ccc2c(c1)c(-c1ccc(C(=O)NC3CCC(C(C)(C)O)CC3)nc1)nn2C. The van der Waals surface area contributed by atoms with Crippen molar-refractivity contribution in [2.45, 2.75) is 58.1 Å². The van der Waals surface area contributed by atoms with Crippen molar-refractivity contribution in [1.82, 2.24) is 20.1 Å². The Balaban J connectivity index is 1.46. The fraction of sp³-hybridized carbons (Fsp3) is 0.458. The van der Waals surface area contributed by atoms with Gasteiger partial charge in [0.05, 0.1) is 11.1 Å². The van der Waals surface area contributed by atoms with Gasteiger partial charge in [-0.1, -0.05) is 11.6 Å². The molecule has 158 valence electrons. The summed E-state index contributed by atoms with van der Waals surface area (Å²) in [6.07, 6.45) is 5.35. The standard InChI is InChI=1S/C24H30N4O2/c1-15-5-12-21-19(13-15)22(27-28(21)4)16-6-11-20(25-14-16)23(29)26-18-9-7-17(8-10-18)24(2,3)30/h5-6,11-14,17-18,30H,7-10H2,1-4H3,(H,26,29). The second kappa shape index (κ2) is 7.84. The maximum absolute atomic E-state index is 12.7. The summed E-state index contributed by atoms with van der Waals surface area (Å²) < 4.78 is 1.87. The number of nitrogens with one attached hydrogen (secondary N) is 1. The van der Waals surface area contributed by atoms with Gasteiger partial charge in [-0.3, -0.25) is 14.5 Å². The van der Waals surface area contributed by atoms with Crippen LogP contribution in [0.1, 0.15) is 55.6 Å². The first kappa shape index (κ1) is 20.5. The zero-order valence-corrected chi connectivity index (χ0v) is 18.1. The number of carbonyl (C=O) groups is 1. The van der Waals surface area contributed by atoms with Crippen molar-refractivity contribution in [3.05, 3.63) is 47.8 Å². The summed E-state index contributed by atoms with van der Waals surface area (Å²) in [5.41, 5.74) is 3.79. The number of amides is 1. The first-order chi connectivity index (χ1) is 14.2. The summed E-state index contributed by atoms with van der Waals surface area (Å²) >= 11 is 0. The minimum Gasteiger partial charge on any atom is -0.390 e. The molecule has 1 aromatic carbocycles. The summed E-state index contributed by atoms with van der Waals surface area (Å²) in [6, 6.07) is 10.1. The number of benzene rings is 1. The molecule has 0 aliphatic heterocycles. The fourth-order valence-corrected chi connectivity index (χ4v) is 4.46. The highest BCUT2D eigenvalue weighted by atomic mass is 16.3. The van der Waals surface area contributed by atoms with Gasteiger partial charge in [0.15, 0.2) is 0 Å². The third-order valence-corrected chi connectivity index (χ3v) is 6.34. The highest BCUT2D eigenvalue weighted by molar-refractivity contribution is 5.95. The van der Waals surface area contributed by atoms with Crippen LogP contribution in [-0.4, -0.2) is 37.4 Å². The van der Waals surface area contributed by atoms with Crippen LogP contribution >= 0.6 is 0 Å². The van der Waals surface area contributed by atoms with Crippen LogP contribution in [0.25, 0.3) is 22.2 Å². The molecule has 1 aliphatic rings. The second-order valence-corrected chi connectivity index (χ2v) is 9.10. The minimum atomic E-state index is -0.652. The van der Waals surface area contributed by atoms with E-state index in [0.29, 0.717) is 11.6 Å². The van der Waals surface area contributed by atoms with Crippen molar-refractivity contribution in [3.8, 4) is 11.3 Å². The fourth-order valence-electron chi connectivity index (χ4n) is 4.46. The highest BCUT2D eigenvalue weighted by Crippen LogP contribution is 2.32. The molecule has 0 saturated heterocycles. The van der Waals surface area contributed by atoms with E-state index >= 15 is 0 Å². The minimum absolute atomic E-state index is 0.139. The molecule has 0 radical (unpaired) electrons. The Labute approximate surface area is 177 Å². The van der Waals surface area contributed by atoms with Crippen LogP contribution in [0.4, 0.5) is 0 Å². The monoisotopic (exact) mass is 406 g/mol. The van der Waals surface area contributed by atoms with Gasteiger partial charge in [0.25, 0.3) is 5.91 Å². The van der Waals surface area contributed by atoms with E-state index in [-0.39, 0.29) is 11.9 Å². The maximum Gasteiger partial charge on any atom is 0.270 e. The predicted molar refractivity (Wildman–Crippen MR) is 118 cm³/mol. The molecule has 3 aromatic rings. The zero-order valence-electron chi connectivity index (χ0n) is 18.1. The van der Waals surface area contributed by atoms with E-state index in [1.165, 1.54) is 5.56 Å². The Morgan fingerprint density at radius 1 is 1.17 bits per heavy atom. The van der Waals surface area contributed by atoms with E-state index in [0.717, 1.165) is 47.8 Å². The van der Waals surface area contributed by atoms with E-state index in [1.807, 2.05) is 31.6 Å². The van der Waals surface area contributed by atoms with Crippen molar-refractivity contribution in [2.75, 3.05) is 0 Å². The molecule has 1 fully saturated rings. The van der Waals surface area contributed by atoms with E-state index in [1.54, 1.807) is 12.3 Å². The molecule has 6 heteroatoms. The average Bonchev–Trinajstić information content (AvgIpc) is 3.03. The summed E-state index contributed by atoms with van der Waals surface area (Å²) in [5, 5.41) is 19.0. The molecule has 30 heavy (non-hydrogen) atoms. The Hall–Kier alpha value is -2.73. The van der Waals surface area contributed by atoms with Crippen molar-refractivity contribution in [2.24, 2.45) is 13.0 Å². The van der Waals surface area contributed by atoms with Crippen LogP contribution in [0.2, 0.25) is 0 Å². The van der Waals surface area contributed by atoms with Gasteiger partial charge in [0.1, 0.15) is 11.4 Å². The van der Waals surface area contributed by atoms with Gasteiger partial charge in [0.2, 0.25) is 0 Å². The van der Waals surface area contributed by atoms with Crippen LogP contribution in [0.3, 0.4) is 0 Å². The molecule has 2 N–H and O–H groups in total. The van der Waals surface area contributed by atoms with Crippen LogP contribution in [0, 0.1) is 12.8 Å². The van der Waals surface area contributed by atoms with Crippen molar-refractivity contribution < 1.29 is 9.90 Å². The number of hydrogen-bond donors (Lipinski definition) is 2. The van der Waals surface area contributed by atoms with Gasteiger partial charge in [-0.05, 0) is 76.6 Å². The first-order valence-electron chi connectivity index (χ1n) is 10.7. The van der Waals surface area contributed by atoms with Crippen LogP contribution in [0.5, 0.6) is 0 Å². The van der Waals surface area contributed by atoms with Crippen molar-refractivity contribution >= 4 is 16.8 Å². The lowest BCUT2D eigenvalue weighted by Crippen LogP contribution is -2.42. The second-order valence-electron chi connectivity index (χ2n) is 9.10. The Bertz CT molecular complexity index is 1060. The van der Waals surface area contributed by atoms with Gasteiger partial charge >= 0.3 is 0 Å². The molecule has 1 aliphatic carbocycles. The number of aryl methyl sites for hydroxylation is 2. The lowest BCUT2D eigenvalue weighted by Gasteiger charge is -2.36. The Morgan fingerprint density at radius 2 is 1.90 bits per heavy atom. The number of nitrogens with zero attached hydrogens (tertiary/aromatic N) is 3. The predicted octanol–water partition coefficient (Wildman–Crippen LogP) is 4.00. The van der Waals surface area contributed by atoms with E-state index in [4.69, 9.17) is 0 Å². The average molecular weight is 407 g/mol. The molecule has 2 heterocycles. The number of rotatable bonds is 4. The molecule has 0 atom stereocenters. The molecule has 0 bridgehead atoms. The number of carbonyl (C=O) groups excluding carboxylic acids is 1. The van der Waals surface area contributed by atoms with Gasteiger partial charge in [-0.25, -0.2) is 0 Å². The van der Waals surface area contributed by atoms with Gasteiger partial charge in [-0.2, -0.15) is 5.10 Å². The summed E-state index contributed by atoms with van der Waals surface area (Å²) in [7, 11) is 1.93. The molecule has 0 spiro atoms. The zero-order chi connectivity index (χ0) is 21.5. The third kappa shape index (κ3) is 4.10. The van der Waals surface area contributed by atoms with Crippen LogP contribution in [0.15, 0.2) is 36.5 Å². The topological polar surface area (TPSA) is 80.0 Å². The highest BCUT2D eigenvalue weighted by Gasteiger charge is 2.31. The quantitative estimate of drug-likeness (QED) is 0.686. The molecule has 0 unspecified atom stereocenters. The summed E-state index contributed by atoms with van der Waals surface area (Å²) in [5.74, 6) is 0.148. The largest absolute Gasteiger partial charge is 0.390 e. The lowest BCUT2D eigenvalue weighted by molar-refractivity contribution is -0.00258. The van der Waals surface area contributed by atoms with E-state index in [9.17, 15) is 9.90 Å². The lowest BCUT2D eigenvalue weighted by atomic mass is 9.77. The van der Waals surface area contributed by atoms with Crippen LogP contribution < -0.4 is 5.32 Å². The number of pyridine rings is 1. The van der Waals surface area contributed by atoms with Gasteiger partial charge in [0, 0.05) is 30.2 Å². The number of hydrogen-bond acceptors (Lipinski definition) is 4. The van der Waals surface area contributed by atoms with Gasteiger partial charge < -0.3 is 10.4 Å². The number of fused-ring (bicyclic) bond motifs is 1. The molecule has 2 aromatic heterocycles. The molecule has 6 nitrogen and oxygen atoms in total. The van der Waals surface area contributed by atoms with Crippen molar-refractivity contribution in [3.63, 3.8) is 0 Å². The number of aliphatic hydroxyl groups is 1. The normalized spacial score (nSPS) is 19.8. The van der Waals surface area contributed by atoms with Crippen molar-refractivity contribution in [1.29, 1.82) is 0 Å². The molecular formula is C24H30N4O2. The number of aromatic nitrogens is 3. The Kier molecular flexibility index (Phi) is 5.36. The Morgan fingerprint density at radius 3 is 2.53 bits per heavy atom. The molecule has 1 amide bonds. The van der Waals surface area contributed by atoms with Crippen LogP contribution in [-0.2, 0) is 7.05 Å². The summed E-state index contributed by atoms with van der Waals surface area (Å²) in [6.45, 7) is 5.80. The van der Waals surface area contributed by atoms with Gasteiger partial charge in [-0.15, -0.1) is 0 Å². The van der Waals surface area contributed by atoms with E-state index < -0.39 is 5.60 Å². The maximum atomic E-state index is 12.7. The molecule has 1 saturated carbocycles. The molecule has 4 rings (SSSR count). The van der Waals surface area contributed by atoms with E-state index in [2.05, 4.69) is 40.5 Å². The summed E-state index contributed by atoms with van der Waals surface area (Å²) in [4.78, 5) is 17.1.